The fourth-order valence-electron chi connectivity index (χ4n) is 2.55. The molecule has 3 rings (SSSR count). The predicted molar refractivity (Wildman–Crippen MR) is 96.5 cm³/mol. The van der Waals surface area contributed by atoms with Crippen molar-refractivity contribution in [2.75, 3.05) is 20.3 Å². The highest BCUT2D eigenvalue weighted by Crippen LogP contribution is 2.22. The van der Waals surface area contributed by atoms with E-state index in [1.165, 1.54) is 6.07 Å². The van der Waals surface area contributed by atoms with Crippen LogP contribution in [0.3, 0.4) is 0 Å². The summed E-state index contributed by atoms with van der Waals surface area (Å²) in [5, 5.41) is 3.69. The summed E-state index contributed by atoms with van der Waals surface area (Å²) in [7, 11) is 1.58. The van der Waals surface area contributed by atoms with Crippen LogP contribution >= 0.6 is 11.6 Å². The van der Waals surface area contributed by atoms with E-state index in [2.05, 4.69) is 5.32 Å². The van der Waals surface area contributed by atoms with Gasteiger partial charge in [-0.05, 0) is 36.4 Å². The maximum atomic E-state index is 11.7. The fraction of sp³-hybridized carbons (Fsp3) is 0.211. The first kappa shape index (κ1) is 17.3. The summed E-state index contributed by atoms with van der Waals surface area (Å²) in [5.74, 6) is 1.45. The third-order valence-electron chi connectivity index (χ3n) is 3.81. The van der Waals surface area contributed by atoms with Crippen LogP contribution in [0.15, 0.2) is 57.7 Å². The summed E-state index contributed by atoms with van der Waals surface area (Å²) in [6.07, 6.45) is 0. The topological polar surface area (TPSA) is 65.3 Å². The van der Waals surface area contributed by atoms with Crippen molar-refractivity contribution in [3.05, 3.63) is 69.5 Å². The molecule has 0 aliphatic heterocycles. The lowest BCUT2D eigenvalue weighted by Crippen LogP contribution is -2.83. The van der Waals surface area contributed by atoms with Crippen molar-refractivity contribution in [2.45, 2.75) is 6.54 Å². The molecule has 0 bridgehead atoms. The van der Waals surface area contributed by atoms with Crippen molar-refractivity contribution < 1.29 is 19.2 Å². The molecule has 2 aromatic carbocycles. The van der Waals surface area contributed by atoms with Crippen LogP contribution in [0.25, 0.3) is 11.0 Å². The van der Waals surface area contributed by atoms with Crippen LogP contribution in [0, 0.1) is 0 Å². The quantitative estimate of drug-likeness (QED) is 0.519. The zero-order valence-electron chi connectivity index (χ0n) is 13.8. The van der Waals surface area contributed by atoms with Gasteiger partial charge in [0.2, 0.25) is 0 Å². The molecule has 130 valence electrons. The molecule has 5 nitrogen and oxygen atoms in total. The monoisotopic (exact) mass is 360 g/mol. The smallest absolute Gasteiger partial charge is 0.336 e. The lowest BCUT2D eigenvalue weighted by molar-refractivity contribution is -0.671. The van der Waals surface area contributed by atoms with Gasteiger partial charge in [0.05, 0.1) is 7.11 Å². The Morgan fingerprint density at radius 2 is 1.84 bits per heavy atom. The number of nitrogens with two attached hydrogens (primary N) is 1. The largest absolute Gasteiger partial charge is 0.497 e. The molecule has 2 N–H and O–H groups in total. The van der Waals surface area contributed by atoms with E-state index < -0.39 is 0 Å². The van der Waals surface area contributed by atoms with Gasteiger partial charge in [0.15, 0.2) is 0 Å². The molecule has 0 fully saturated rings. The summed E-state index contributed by atoms with van der Waals surface area (Å²) < 4.78 is 16.1. The normalized spacial score (nSPS) is 10.8. The molecule has 1 aromatic heterocycles. The standard InChI is InChI=1S/C19H18ClNO4/c1-23-16-6-7-17-13(10-19(22)25-18(17)11-16)12-21-8-9-24-15-4-2-14(20)3-5-15/h2-7,10-11,21H,8-9,12H2,1H3/p+1. The van der Waals surface area contributed by atoms with Gasteiger partial charge in [-0.2, -0.15) is 0 Å². The number of fused-ring (bicyclic) bond motifs is 1. The van der Waals surface area contributed by atoms with E-state index in [0.717, 1.165) is 23.2 Å². The van der Waals surface area contributed by atoms with Gasteiger partial charge in [0.25, 0.3) is 0 Å². The molecule has 0 saturated heterocycles. The Morgan fingerprint density at radius 3 is 2.60 bits per heavy atom. The maximum Gasteiger partial charge on any atom is 0.336 e. The first-order valence-corrected chi connectivity index (χ1v) is 8.34. The number of quaternary nitrogens is 1. The number of ether oxygens (including phenoxy) is 2. The van der Waals surface area contributed by atoms with Crippen LogP contribution in [-0.2, 0) is 6.54 Å². The molecule has 0 atom stereocenters. The van der Waals surface area contributed by atoms with E-state index in [-0.39, 0.29) is 5.63 Å². The molecule has 0 aliphatic rings. The second-order valence-corrected chi connectivity index (χ2v) is 5.97. The number of hydrogen-bond acceptors (Lipinski definition) is 4. The molecular weight excluding hydrogens is 342 g/mol. The molecule has 3 aromatic rings. The number of halogens is 1. The Morgan fingerprint density at radius 1 is 1.08 bits per heavy atom. The van der Waals surface area contributed by atoms with E-state index in [9.17, 15) is 4.79 Å². The molecule has 0 spiro atoms. The van der Waals surface area contributed by atoms with Crippen molar-refractivity contribution in [1.82, 2.24) is 0 Å². The lowest BCUT2D eigenvalue weighted by atomic mass is 10.1. The SMILES string of the molecule is COc1ccc2c(C[NH2+]CCOc3ccc(Cl)cc3)cc(=O)oc2c1. The zero-order chi connectivity index (χ0) is 17.6. The van der Waals surface area contributed by atoms with Gasteiger partial charge in [0.1, 0.15) is 36.8 Å². The second-order valence-electron chi connectivity index (χ2n) is 5.54. The Kier molecular flexibility index (Phi) is 5.58. The van der Waals surface area contributed by atoms with Crippen molar-refractivity contribution in [3.8, 4) is 11.5 Å². The van der Waals surface area contributed by atoms with Gasteiger partial charge in [0, 0.05) is 28.1 Å². The van der Waals surface area contributed by atoms with Gasteiger partial charge in [-0.1, -0.05) is 11.6 Å². The van der Waals surface area contributed by atoms with Crippen molar-refractivity contribution in [1.29, 1.82) is 0 Å². The summed E-state index contributed by atoms with van der Waals surface area (Å²) in [6.45, 7) is 1.99. The van der Waals surface area contributed by atoms with Crippen LogP contribution in [-0.4, -0.2) is 20.3 Å². The van der Waals surface area contributed by atoms with Crippen LogP contribution in [0.4, 0.5) is 0 Å². The molecule has 1 heterocycles. The van der Waals surface area contributed by atoms with E-state index >= 15 is 0 Å². The number of benzene rings is 2. The minimum Gasteiger partial charge on any atom is -0.497 e. The van der Waals surface area contributed by atoms with Crippen LogP contribution in [0.1, 0.15) is 5.56 Å². The Bertz CT molecular complexity index is 905. The third-order valence-corrected chi connectivity index (χ3v) is 4.06. The Balaban J connectivity index is 1.59. The van der Waals surface area contributed by atoms with Crippen LogP contribution < -0.4 is 20.4 Å². The third kappa shape index (κ3) is 4.53. The first-order chi connectivity index (χ1) is 12.2. The van der Waals surface area contributed by atoms with Crippen LogP contribution in [0.2, 0.25) is 5.02 Å². The summed E-state index contributed by atoms with van der Waals surface area (Å²) in [6, 6.07) is 14.3. The average Bonchev–Trinajstić information content (AvgIpc) is 2.62. The highest BCUT2D eigenvalue weighted by Gasteiger charge is 2.08. The van der Waals surface area contributed by atoms with Gasteiger partial charge < -0.3 is 19.2 Å². The molecule has 6 heteroatoms. The lowest BCUT2D eigenvalue weighted by Gasteiger charge is -2.08. The van der Waals surface area contributed by atoms with E-state index in [1.54, 1.807) is 25.3 Å². The number of rotatable bonds is 7. The van der Waals surface area contributed by atoms with Crippen LogP contribution in [0.5, 0.6) is 11.5 Å². The predicted octanol–water partition coefficient (Wildman–Crippen LogP) is 2.60. The number of methoxy groups -OCH3 is 1. The fourth-order valence-corrected chi connectivity index (χ4v) is 2.68. The van der Waals surface area contributed by atoms with E-state index in [1.807, 2.05) is 24.3 Å². The molecule has 0 unspecified atom stereocenters. The minimum absolute atomic E-state index is 0.360. The molecule has 0 amide bonds. The highest BCUT2D eigenvalue weighted by molar-refractivity contribution is 6.30. The van der Waals surface area contributed by atoms with Gasteiger partial charge in [-0.3, -0.25) is 0 Å². The maximum absolute atomic E-state index is 11.7. The van der Waals surface area contributed by atoms with Crippen molar-refractivity contribution in [2.24, 2.45) is 0 Å². The molecular formula is C19H19ClNO4+. The first-order valence-electron chi connectivity index (χ1n) is 7.96. The van der Waals surface area contributed by atoms with Crippen molar-refractivity contribution in [3.63, 3.8) is 0 Å². The zero-order valence-corrected chi connectivity index (χ0v) is 14.6. The minimum atomic E-state index is -0.360. The summed E-state index contributed by atoms with van der Waals surface area (Å²) in [4.78, 5) is 11.7. The summed E-state index contributed by atoms with van der Waals surface area (Å²) >= 11 is 5.84. The Labute approximate surface area is 150 Å². The van der Waals surface area contributed by atoms with Crippen molar-refractivity contribution >= 4 is 22.6 Å². The van der Waals surface area contributed by atoms with Gasteiger partial charge >= 0.3 is 5.63 Å². The van der Waals surface area contributed by atoms with Gasteiger partial charge in [-0.15, -0.1) is 0 Å². The Hall–Kier alpha value is -2.50. The molecule has 25 heavy (non-hydrogen) atoms. The van der Waals surface area contributed by atoms with Gasteiger partial charge in [-0.25, -0.2) is 4.79 Å². The highest BCUT2D eigenvalue weighted by atomic mass is 35.5. The average molecular weight is 361 g/mol. The summed E-state index contributed by atoms with van der Waals surface area (Å²) in [5.41, 5.74) is 1.11. The molecule has 0 aliphatic carbocycles. The number of hydrogen-bond donors (Lipinski definition) is 1. The molecule has 0 saturated carbocycles. The second kappa shape index (κ2) is 8.05. The van der Waals surface area contributed by atoms with E-state index in [4.69, 9.17) is 25.5 Å². The molecule has 0 radical (unpaired) electrons. The van der Waals surface area contributed by atoms with E-state index in [0.29, 0.717) is 29.5 Å².